The summed E-state index contributed by atoms with van der Waals surface area (Å²) >= 11 is 1.80. The summed E-state index contributed by atoms with van der Waals surface area (Å²) in [6.07, 6.45) is 2.29. The van der Waals surface area contributed by atoms with Gasteiger partial charge >= 0.3 is 0 Å². The molecule has 0 unspecified atom stereocenters. The molecule has 1 rings (SSSR count). The van der Waals surface area contributed by atoms with Gasteiger partial charge in [-0.2, -0.15) is 0 Å². The highest BCUT2D eigenvalue weighted by atomic mass is 32.1. The van der Waals surface area contributed by atoms with E-state index in [1.54, 1.807) is 11.3 Å². The lowest BCUT2D eigenvalue weighted by atomic mass is 9.93. The monoisotopic (exact) mass is 226 g/mol. The summed E-state index contributed by atoms with van der Waals surface area (Å²) in [5, 5.41) is 6.81. The van der Waals surface area contributed by atoms with E-state index in [1.807, 2.05) is 0 Å². The molecule has 0 bridgehead atoms. The van der Waals surface area contributed by atoms with E-state index in [-0.39, 0.29) is 5.41 Å². The van der Waals surface area contributed by atoms with Gasteiger partial charge in [-0.25, -0.2) is 4.98 Å². The Kier molecular flexibility index (Phi) is 4.74. The molecule has 1 heterocycles. The molecule has 0 amide bonds. The zero-order valence-corrected chi connectivity index (χ0v) is 11.1. The van der Waals surface area contributed by atoms with Crippen molar-refractivity contribution in [2.24, 2.45) is 0 Å². The summed E-state index contributed by atoms with van der Waals surface area (Å²) in [4.78, 5) is 4.67. The van der Waals surface area contributed by atoms with Gasteiger partial charge in [0.1, 0.15) is 0 Å². The second-order valence-corrected chi connectivity index (χ2v) is 5.78. The third kappa shape index (κ3) is 4.31. The lowest BCUT2D eigenvalue weighted by Crippen LogP contribution is -2.14. The molecule has 0 aliphatic heterocycles. The van der Waals surface area contributed by atoms with Gasteiger partial charge in [-0.1, -0.05) is 27.7 Å². The van der Waals surface area contributed by atoms with Crippen molar-refractivity contribution in [1.82, 2.24) is 10.3 Å². The highest BCUT2D eigenvalue weighted by Gasteiger charge is 2.16. The number of thiazole rings is 1. The van der Waals surface area contributed by atoms with Gasteiger partial charge in [-0.3, -0.25) is 0 Å². The van der Waals surface area contributed by atoms with Crippen LogP contribution in [0.3, 0.4) is 0 Å². The first-order valence-electron chi connectivity index (χ1n) is 5.69. The molecular weight excluding hydrogens is 204 g/mol. The summed E-state index contributed by atoms with van der Waals surface area (Å²) in [5.41, 5.74) is 1.42. The average Bonchev–Trinajstić information content (AvgIpc) is 2.60. The number of aryl methyl sites for hydroxylation is 1. The molecule has 0 fully saturated rings. The second-order valence-electron chi connectivity index (χ2n) is 4.83. The Morgan fingerprint density at radius 1 is 1.40 bits per heavy atom. The molecule has 2 nitrogen and oxygen atoms in total. The van der Waals surface area contributed by atoms with E-state index in [0.717, 1.165) is 19.5 Å². The van der Waals surface area contributed by atoms with Crippen LogP contribution in [0.1, 0.15) is 44.8 Å². The lowest BCUT2D eigenvalue weighted by Gasteiger charge is -2.14. The predicted molar refractivity (Wildman–Crippen MR) is 67.7 cm³/mol. The third-order valence-electron chi connectivity index (χ3n) is 2.31. The Balaban J connectivity index is 2.40. The molecule has 0 aliphatic carbocycles. The fraction of sp³-hybridized carbons (Fsp3) is 0.750. The summed E-state index contributed by atoms with van der Waals surface area (Å²) in [5.74, 6) is 0. The molecule has 0 atom stereocenters. The third-order valence-corrected chi connectivity index (χ3v) is 3.22. The van der Waals surface area contributed by atoms with Crippen molar-refractivity contribution >= 4 is 11.3 Å². The first kappa shape index (κ1) is 12.7. The van der Waals surface area contributed by atoms with Crippen molar-refractivity contribution in [1.29, 1.82) is 0 Å². The molecule has 15 heavy (non-hydrogen) atoms. The minimum absolute atomic E-state index is 0.191. The van der Waals surface area contributed by atoms with Gasteiger partial charge in [0.25, 0.3) is 0 Å². The minimum Gasteiger partial charge on any atom is -0.317 e. The number of hydrogen-bond donors (Lipinski definition) is 1. The summed E-state index contributed by atoms with van der Waals surface area (Å²) < 4.78 is 0. The van der Waals surface area contributed by atoms with Gasteiger partial charge in [0.15, 0.2) is 0 Å². The Hall–Kier alpha value is -0.410. The molecule has 0 saturated carbocycles. The van der Waals surface area contributed by atoms with Crippen LogP contribution in [0.25, 0.3) is 0 Å². The van der Waals surface area contributed by atoms with Gasteiger partial charge in [0, 0.05) is 17.2 Å². The molecule has 86 valence electrons. The number of nitrogens with zero attached hydrogens (tertiary/aromatic N) is 1. The maximum atomic E-state index is 4.67. The van der Waals surface area contributed by atoms with Crippen LogP contribution < -0.4 is 5.32 Å². The summed E-state index contributed by atoms with van der Waals surface area (Å²) in [7, 11) is 0. The van der Waals surface area contributed by atoms with E-state index in [1.165, 1.54) is 17.1 Å². The number of rotatable bonds is 5. The van der Waals surface area contributed by atoms with Gasteiger partial charge < -0.3 is 5.32 Å². The molecule has 1 N–H and O–H groups in total. The fourth-order valence-electron chi connectivity index (χ4n) is 1.31. The number of nitrogens with one attached hydrogen (secondary N) is 1. The molecule has 0 saturated heterocycles. The SMILES string of the molecule is CCNCCCc1nc(C(C)(C)C)cs1. The van der Waals surface area contributed by atoms with Crippen LogP contribution in [-0.2, 0) is 11.8 Å². The predicted octanol–water partition coefficient (Wildman–Crippen LogP) is 2.98. The van der Waals surface area contributed by atoms with E-state index in [4.69, 9.17) is 0 Å². The van der Waals surface area contributed by atoms with E-state index < -0.39 is 0 Å². The smallest absolute Gasteiger partial charge is 0.0928 e. The van der Waals surface area contributed by atoms with Crippen LogP contribution in [0.5, 0.6) is 0 Å². The first-order valence-corrected chi connectivity index (χ1v) is 6.57. The quantitative estimate of drug-likeness (QED) is 0.781. The Morgan fingerprint density at radius 3 is 2.67 bits per heavy atom. The summed E-state index contributed by atoms with van der Waals surface area (Å²) in [6.45, 7) is 10.9. The van der Waals surface area contributed by atoms with E-state index >= 15 is 0 Å². The minimum atomic E-state index is 0.191. The van der Waals surface area contributed by atoms with Crippen molar-refractivity contribution in [2.75, 3.05) is 13.1 Å². The fourth-order valence-corrected chi connectivity index (χ4v) is 2.38. The van der Waals surface area contributed by atoms with E-state index in [2.05, 4.69) is 43.4 Å². The number of hydrogen-bond acceptors (Lipinski definition) is 3. The maximum absolute atomic E-state index is 4.67. The van der Waals surface area contributed by atoms with Crippen molar-refractivity contribution in [3.63, 3.8) is 0 Å². The number of aromatic nitrogens is 1. The zero-order chi connectivity index (χ0) is 11.3. The maximum Gasteiger partial charge on any atom is 0.0928 e. The summed E-state index contributed by atoms with van der Waals surface area (Å²) in [6, 6.07) is 0. The highest BCUT2D eigenvalue weighted by Crippen LogP contribution is 2.24. The van der Waals surface area contributed by atoms with Crippen molar-refractivity contribution in [2.45, 2.75) is 46.0 Å². The van der Waals surface area contributed by atoms with Crippen LogP contribution in [0.4, 0.5) is 0 Å². The largest absolute Gasteiger partial charge is 0.317 e. The topological polar surface area (TPSA) is 24.9 Å². The molecule has 1 aromatic rings. The van der Waals surface area contributed by atoms with Crippen LogP contribution >= 0.6 is 11.3 Å². The zero-order valence-electron chi connectivity index (χ0n) is 10.3. The van der Waals surface area contributed by atoms with Gasteiger partial charge in [-0.15, -0.1) is 11.3 Å². The second kappa shape index (κ2) is 5.61. The molecule has 1 aromatic heterocycles. The Labute approximate surface area is 97.1 Å². The molecule has 0 aromatic carbocycles. The van der Waals surface area contributed by atoms with Gasteiger partial charge in [0.2, 0.25) is 0 Å². The standard InChI is InChI=1S/C12H22N2S/c1-5-13-8-6-7-11-14-10(9-15-11)12(2,3)4/h9,13H,5-8H2,1-4H3. The molecular formula is C12H22N2S. The molecule has 0 spiro atoms. The highest BCUT2D eigenvalue weighted by molar-refractivity contribution is 7.09. The van der Waals surface area contributed by atoms with Gasteiger partial charge in [0.05, 0.1) is 10.7 Å². The van der Waals surface area contributed by atoms with Crippen molar-refractivity contribution < 1.29 is 0 Å². The van der Waals surface area contributed by atoms with Crippen LogP contribution in [0.2, 0.25) is 0 Å². The molecule has 0 radical (unpaired) electrons. The van der Waals surface area contributed by atoms with Crippen LogP contribution in [0, 0.1) is 0 Å². The van der Waals surface area contributed by atoms with Gasteiger partial charge in [-0.05, 0) is 19.5 Å². The first-order chi connectivity index (χ1) is 7.04. The Bertz CT molecular complexity index is 286. The van der Waals surface area contributed by atoms with Crippen molar-refractivity contribution in [3.05, 3.63) is 16.1 Å². The lowest BCUT2D eigenvalue weighted by molar-refractivity contribution is 0.569. The Morgan fingerprint density at radius 2 is 2.13 bits per heavy atom. The van der Waals surface area contributed by atoms with E-state index in [9.17, 15) is 0 Å². The van der Waals surface area contributed by atoms with Crippen LogP contribution in [0.15, 0.2) is 5.38 Å². The van der Waals surface area contributed by atoms with E-state index in [0.29, 0.717) is 0 Å². The normalized spacial score (nSPS) is 12.0. The van der Waals surface area contributed by atoms with Crippen LogP contribution in [-0.4, -0.2) is 18.1 Å². The molecule has 0 aliphatic rings. The average molecular weight is 226 g/mol. The molecule has 3 heteroatoms. The van der Waals surface area contributed by atoms with Crippen molar-refractivity contribution in [3.8, 4) is 0 Å².